The number of anilines is 1. The lowest BCUT2D eigenvalue weighted by Gasteiger charge is -2.14. The highest BCUT2D eigenvalue weighted by molar-refractivity contribution is 5.85. The van der Waals surface area contributed by atoms with Crippen molar-refractivity contribution in [1.82, 2.24) is 0 Å². The number of hydrogen-bond acceptors (Lipinski definition) is 2. The highest BCUT2D eigenvalue weighted by atomic mass is 127. The highest BCUT2D eigenvalue weighted by Crippen LogP contribution is 2.38. The van der Waals surface area contributed by atoms with E-state index in [1.807, 2.05) is 36.4 Å². The van der Waals surface area contributed by atoms with E-state index >= 15 is 0 Å². The molecule has 0 saturated carbocycles. The minimum absolute atomic E-state index is 0. The van der Waals surface area contributed by atoms with Gasteiger partial charge in [0.05, 0.1) is 11.1 Å². The maximum Gasteiger partial charge on any atom is 0.213 e. The van der Waals surface area contributed by atoms with E-state index in [4.69, 9.17) is 4.74 Å². The second-order valence-corrected chi connectivity index (χ2v) is 6.64. The third-order valence-corrected chi connectivity index (χ3v) is 4.99. The third kappa shape index (κ3) is 4.37. The number of aryl methyl sites for hydroxylation is 1. The van der Waals surface area contributed by atoms with Crippen LogP contribution in [0.4, 0.5) is 5.69 Å². The van der Waals surface area contributed by atoms with Crippen LogP contribution in [0.15, 0.2) is 91.0 Å². The van der Waals surface area contributed by atoms with E-state index in [0.717, 1.165) is 30.4 Å². The van der Waals surface area contributed by atoms with Crippen LogP contribution in [-0.2, 0) is 6.54 Å². The molecule has 3 aromatic rings. The molecule has 148 valence electrons. The van der Waals surface area contributed by atoms with E-state index in [1.165, 1.54) is 16.5 Å². The molecule has 1 aliphatic heterocycles. The van der Waals surface area contributed by atoms with Crippen LogP contribution in [0.1, 0.15) is 19.4 Å². The Kier molecular flexibility index (Phi) is 7.09. The van der Waals surface area contributed by atoms with Crippen molar-refractivity contribution in [3.05, 3.63) is 96.5 Å². The molecule has 2 aromatic carbocycles. The second-order valence-electron chi connectivity index (χ2n) is 6.64. The maximum atomic E-state index is 5.97. The van der Waals surface area contributed by atoms with Crippen LogP contribution in [0.25, 0.3) is 17.0 Å². The van der Waals surface area contributed by atoms with Gasteiger partial charge in [0, 0.05) is 18.7 Å². The second kappa shape index (κ2) is 9.74. The number of fused-ring (bicyclic) bond motifs is 2. The number of aromatic nitrogens is 1. The zero-order valence-electron chi connectivity index (χ0n) is 16.8. The molecule has 0 atom stereocenters. The topological polar surface area (TPSA) is 16.4 Å². The Morgan fingerprint density at radius 3 is 2.55 bits per heavy atom. The molecule has 3 nitrogen and oxygen atoms in total. The van der Waals surface area contributed by atoms with E-state index in [9.17, 15) is 0 Å². The number of ether oxygens (including phenoxy) is 1. The van der Waals surface area contributed by atoms with Crippen LogP contribution in [0, 0.1) is 0 Å². The fourth-order valence-electron chi connectivity index (χ4n) is 3.59. The number of halogens is 1. The molecule has 29 heavy (non-hydrogen) atoms. The number of allylic oxidation sites excluding steroid dienone is 4. The molecule has 1 aliphatic rings. The minimum atomic E-state index is 0. The van der Waals surface area contributed by atoms with Gasteiger partial charge in [-0.1, -0.05) is 48.6 Å². The van der Waals surface area contributed by atoms with Crippen molar-refractivity contribution >= 4 is 22.7 Å². The van der Waals surface area contributed by atoms with Crippen molar-refractivity contribution in [2.75, 3.05) is 11.4 Å². The number of hydrogen-bond donors (Lipinski definition) is 0. The fraction of sp³-hybridized carbons (Fsp3) is 0.160. The number of rotatable bonds is 5. The van der Waals surface area contributed by atoms with Gasteiger partial charge in [-0.2, -0.15) is 4.57 Å². The van der Waals surface area contributed by atoms with Gasteiger partial charge in [0.25, 0.3) is 0 Å². The molecule has 0 fully saturated rings. The van der Waals surface area contributed by atoms with Gasteiger partial charge in [0.2, 0.25) is 11.4 Å². The predicted octanol–water partition coefficient (Wildman–Crippen LogP) is 2.48. The zero-order chi connectivity index (χ0) is 19.3. The van der Waals surface area contributed by atoms with Crippen LogP contribution in [0.2, 0.25) is 0 Å². The third-order valence-electron chi connectivity index (χ3n) is 4.99. The Labute approximate surface area is 189 Å². The Morgan fingerprint density at radius 1 is 0.931 bits per heavy atom. The van der Waals surface area contributed by atoms with E-state index < -0.39 is 0 Å². The first-order chi connectivity index (χ1) is 13.8. The Bertz CT molecular complexity index is 1090. The van der Waals surface area contributed by atoms with Crippen molar-refractivity contribution in [3.63, 3.8) is 0 Å². The lowest BCUT2D eigenvalue weighted by molar-refractivity contribution is -0.667. The number of nitrogens with zero attached hydrogens (tertiary/aromatic N) is 2. The predicted molar refractivity (Wildman–Crippen MR) is 116 cm³/mol. The van der Waals surface area contributed by atoms with Gasteiger partial charge in [-0.05, 0) is 43.7 Å². The standard InChI is InChI=1S/C25H25N2O.HI/c1-3-26-19-18-20(21-13-8-9-14-22(21)26)12-6-5-7-17-25-27(4-2)23-15-10-11-16-24(23)28-25;/h5-19H,3-4H2,1-2H3;1H/q+1;/p-1. The van der Waals surface area contributed by atoms with E-state index in [2.05, 4.69) is 78.1 Å². The SMILES string of the molecule is CCN1/C(=C/C=C/C=C/c2cc[n+](CC)c3ccccc23)Oc2ccccc21.[I-]. The molecule has 4 heteroatoms. The Hall–Kier alpha value is -2.60. The number of para-hydroxylation sites is 3. The Balaban J connectivity index is 0.00000240. The first kappa shape index (κ1) is 21.1. The van der Waals surface area contributed by atoms with E-state index in [0.29, 0.717) is 0 Å². The molecule has 4 rings (SSSR count). The molecule has 0 N–H and O–H groups in total. The molecule has 2 heterocycles. The van der Waals surface area contributed by atoms with Gasteiger partial charge in [0.1, 0.15) is 6.54 Å². The van der Waals surface area contributed by atoms with Gasteiger partial charge in [-0.3, -0.25) is 0 Å². The zero-order valence-corrected chi connectivity index (χ0v) is 18.9. The Morgan fingerprint density at radius 2 is 1.72 bits per heavy atom. The monoisotopic (exact) mass is 496 g/mol. The average Bonchev–Trinajstić information content (AvgIpc) is 3.10. The van der Waals surface area contributed by atoms with E-state index in [-0.39, 0.29) is 24.0 Å². The van der Waals surface area contributed by atoms with Crippen molar-refractivity contribution < 1.29 is 33.3 Å². The highest BCUT2D eigenvalue weighted by Gasteiger charge is 2.23. The molecule has 0 unspecified atom stereocenters. The van der Waals surface area contributed by atoms with Crippen LogP contribution in [0.5, 0.6) is 5.75 Å². The van der Waals surface area contributed by atoms with Crippen molar-refractivity contribution in [2.45, 2.75) is 20.4 Å². The summed E-state index contributed by atoms with van der Waals surface area (Å²) in [5.74, 6) is 1.78. The van der Waals surface area contributed by atoms with Gasteiger partial charge in [0.15, 0.2) is 11.9 Å². The molecular weight excluding hydrogens is 471 g/mol. The molecule has 0 spiro atoms. The summed E-state index contributed by atoms with van der Waals surface area (Å²) in [5.41, 5.74) is 3.60. The summed E-state index contributed by atoms with van der Waals surface area (Å²) in [5, 5.41) is 1.27. The molecule has 0 amide bonds. The molecule has 0 aliphatic carbocycles. The fourth-order valence-corrected chi connectivity index (χ4v) is 3.59. The smallest absolute Gasteiger partial charge is 0.213 e. The quantitative estimate of drug-likeness (QED) is 0.307. The molecule has 0 radical (unpaired) electrons. The van der Waals surface area contributed by atoms with Gasteiger partial charge < -0.3 is 33.6 Å². The van der Waals surface area contributed by atoms with Crippen molar-refractivity contribution in [3.8, 4) is 5.75 Å². The maximum absolute atomic E-state index is 5.97. The van der Waals surface area contributed by atoms with Crippen LogP contribution in [0.3, 0.4) is 0 Å². The lowest BCUT2D eigenvalue weighted by Crippen LogP contribution is -3.00. The molecule has 0 saturated heterocycles. The summed E-state index contributed by atoms with van der Waals surface area (Å²) in [6.45, 7) is 6.14. The van der Waals surface area contributed by atoms with Crippen LogP contribution < -0.4 is 38.2 Å². The lowest BCUT2D eigenvalue weighted by atomic mass is 10.1. The molecule has 1 aromatic heterocycles. The summed E-state index contributed by atoms with van der Waals surface area (Å²) in [7, 11) is 0. The summed E-state index contributed by atoms with van der Waals surface area (Å²) in [6, 6.07) is 18.8. The van der Waals surface area contributed by atoms with Crippen molar-refractivity contribution in [2.24, 2.45) is 0 Å². The molecule has 0 bridgehead atoms. The first-order valence-electron chi connectivity index (χ1n) is 9.82. The summed E-state index contributed by atoms with van der Waals surface area (Å²) in [4.78, 5) is 2.18. The van der Waals surface area contributed by atoms with E-state index in [1.54, 1.807) is 0 Å². The largest absolute Gasteiger partial charge is 1.00 e. The molecular formula is C25H25IN2O. The number of pyridine rings is 1. The van der Waals surface area contributed by atoms with Crippen LogP contribution >= 0.6 is 0 Å². The summed E-state index contributed by atoms with van der Waals surface area (Å²) < 4.78 is 8.23. The minimum Gasteiger partial charge on any atom is -1.00 e. The first-order valence-corrected chi connectivity index (χ1v) is 9.82. The van der Waals surface area contributed by atoms with Gasteiger partial charge in [-0.25, -0.2) is 0 Å². The summed E-state index contributed by atoms with van der Waals surface area (Å²) in [6.07, 6.45) is 12.5. The van der Waals surface area contributed by atoms with Crippen LogP contribution in [-0.4, -0.2) is 6.54 Å². The average molecular weight is 496 g/mol. The van der Waals surface area contributed by atoms with Crippen molar-refractivity contribution in [1.29, 1.82) is 0 Å². The number of benzene rings is 2. The normalized spacial score (nSPS) is 14.6. The van der Waals surface area contributed by atoms with Gasteiger partial charge >= 0.3 is 0 Å². The summed E-state index contributed by atoms with van der Waals surface area (Å²) >= 11 is 0. The van der Waals surface area contributed by atoms with Gasteiger partial charge in [-0.15, -0.1) is 0 Å².